The van der Waals surface area contributed by atoms with Crippen LogP contribution >= 0.6 is 0 Å². The number of rotatable bonds is 3. The van der Waals surface area contributed by atoms with Gasteiger partial charge in [0.25, 0.3) is 0 Å². The molecule has 1 heterocycles. The van der Waals surface area contributed by atoms with Crippen LogP contribution in [0.15, 0.2) is 0 Å². The molecule has 0 aliphatic carbocycles. The SMILES string of the molecule is CCCc1n[nH]c(CO)n1. The summed E-state index contributed by atoms with van der Waals surface area (Å²) in [5, 5.41) is 15.1. The molecule has 1 rings (SSSR count). The van der Waals surface area contributed by atoms with Crippen molar-refractivity contribution in [2.24, 2.45) is 0 Å². The smallest absolute Gasteiger partial charge is 0.150 e. The molecule has 0 bridgehead atoms. The van der Waals surface area contributed by atoms with Gasteiger partial charge in [-0.05, 0) is 6.42 Å². The zero-order valence-electron chi connectivity index (χ0n) is 5.96. The van der Waals surface area contributed by atoms with Crippen LogP contribution in [-0.4, -0.2) is 20.3 Å². The highest BCUT2D eigenvalue weighted by atomic mass is 16.3. The third kappa shape index (κ3) is 1.54. The molecule has 4 heteroatoms. The molecule has 10 heavy (non-hydrogen) atoms. The van der Waals surface area contributed by atoms with E-state index in [0.29, 0.717) is 5.82 Å². The van der Waals surface area contributed by atoms with Crippen molar-refractivity contribution in [3.05, 3.63) is 11.6 Å². The predicted octanol–water partition coefficient (Wildman–Crippen LogP) is 0.249. The minimum atomic E-state index is -0.0588. The molecule has 0 saturated heterocycles. The van der Waals surface area contributed by atoms with Crippen molar-refractivity contribution in [3.8, 4) is 0 Å². The molecule has 0 atom stereocenters. The lowest BCUT2D eigenvalue weighted by Gasteiger charge is -1.84. The molecule has 0 aliphatic heterocycles. The second kappa shape index (κ2) is 3.31. The first-order valence-electron chi connectivity index (χ1n) is 3.37. The monoisotopic (exact) mass is 141 g/mol. The maximum absolute atomic E-state index is 8.59. The molecule has 0 amide bonds. The van der Waals surface area contributed by atoms with Crippen molar-refractivity contribution in [1.82, 2.24) is 15.2 Å². The van der Waals surface area contributed by atoms with E-state index in [0.717, 1.165) is 18.7 Å². The first-order valence-corrected chi connectivity index (χ1v) is 3.37. The number of aromatic amines is 1. The molecule has 0 saturated carbocycles. The van der Waals surface area contributed by atoms with E-state index in [1.54, 1.807) is 0 Å². The van der Waals surface area contributed by atoms with Crippen LogP contribution in [0.1, 0.15) is 25.0 Å². The molecule has 0 aliphatic rings. The quantitative estimate of drug-likeness (QED) is 0.634. The van der Waals surface area contributed by atoms with Gasteiger partial charge >= 0.3 is 0 Å². The van der Waals surface area contributed by atoms with Crippen LogP contribution in [0.4, 0.5) is 0 Å². The Hall–Kier alpha value is -0.900. The Bertz CT molecular complexity index is 197. The highest BCUT2D eigenvalue weighted by Crippen LogP contribution is 1.95. The van der Waals surface area contributed by atoms with Gasteiger partial charge in [0.05, 0.1) is 0 Å². The number of nitrogens with one attached hydrogen (secondary N) is 1. The lowest BCUT2D eigenvalue weighted by atomic mass is 10.3. The van der Waals surface area contributed by atoms with Crippen molar-refractivity contribution in [1.29, 1.82) is 0 Å². The molecular formula is C6H11N3O. The number of aryl methyl sites for hydroxylation is 1. The van der Waals surface area contributed by atoms with Gasteiger partial charge < -0.3 is 5.11 Å². The molecular weight excluding hydrogens is 130 g/mol. The summed E-state index contributed by atoms with van der Waals surface area (Å²) in [4.78, 5) is 4.00. The van der Waals surface area contributed by atoms with E-state index in [1.807, 2.05) is 0 Å². The van der Waals surface area contributed by atoms with E-state index < -0.39 is 0 Å². The summed E-state index contributed by atoms with van der Waals surface area (Å²) in [5.74, 6) is 1.33. The third-order valence-electron chi connectivity index (χ3n) is 1.20. The summed E-state index contributed by atoms with van der Waals surface area (Å²) in [6, 6.07) is 0. The summed E-state index contributed by atoms with van der Waals surface area (Å²) in [7, 11) is 0. The van der Waals surface area contributed by atoms with E-state index in [-0.39, 0.29) is 6.61 Å². The zero-order valence-corrected chi connectivity index (χ0v) is 5.96. The van der Waals surface area contributed by atoms with Crippen LogP contribution in [0.25, 0.3) is 0 Å². The molecule has 4 nitrogen and oxygen atoms in total. The molecule has 0 unspecified atom stereocenters. The molecule has 0 aromatic carbocycles. The minimum absolute atomic E-state index is 0.0588. The highest BCUT2D eigenvalue weighted by Gasteiger charge is 1.98. The Balaban J connectivity index is 2.59. The first kappa shape index (κ1) is 7.21. The van der Waals surface area contributed by atoms with Crippen LogP contribution in [0.3, 0.4) is 0 Å². The van der Waals surface area contributed by atoms with Crippen LogP contribution < -0.4 is 0 Å². The van der Waals surface area contributed by atoms with Crippen molar-refractivity contribution >= 4 is 0 Å². The number of aliphatic hydroxyl groups is 1. The fourth-order valence-corrected chi connectivity index (χ4v) is 0.741. The molecule has 1 aromatic rings. The van der Waals surface area contributed by atoms with E-state index in [1.165, 1.54) is 0 Å². The van der Waals surface area contributed by atoms with Gasteiger partial charge in [-0.15, -0.1) is 0 Å². The van der Waals surface area contributed by atoms with Gasteiger partial charge in [-0.25, -0.2) is 4.98 Å². The average Bonchev–Trinajstić information content (AvgIpc) is 2.37. The van der Waals surface area contributed by atoms with E-state index in [4.69, 9.17) is 5.11 Å². The first-order chi connectivity index (χ1) is 4.86. The molecule has 1 aromatic heterocycles. The Kier molecular flexibility index (Phi) is 2.39. The normalized spacial score (nSPS) is 10.2. The molecule has 56 valence electrons. The lowest BCUT2D eigenvalue weighted by molar-refractivity contribution is 0.271. The summed E-state index contributed by atoms with van der Waals surface area (Å²) >= 11 is 0. The van der Waals surface area contributed by atoms with Gasteiger partial charge in [-0.3, -0.25) is 5.10 Å². The van der Waals surface area contributed by atoms with Gasteiger partial charge in [0.2, 0.25) is 0 Å². The second-order valence-corrected chi connectivity index (χ2v) is 2.11. The summed E-state index contributed by atoms with van der Waals surface area (Å²) < 4.78 is 0. The van der Waals surface area contributed by atoms with Gasteiger partial charge in [0, 0.05) is 6.42 Å². The topological polar surface area (TPSA) is 61.8 Å². The van der Waals surface area contributed by atoms with Crippen molar-refractivity contribution in [2.45, 2.75) is 26.4 Å². The fraction of sp³-hybridized carbons (Fsp3) is 0.667. The number of nitrogens with zero attached hydrogens (tertiary/aromatic N) is 2. The number of H-pyrrole nitrogens is 1. The fourth-order valence-electron chi connectivity index (χ4n) is 0.741. The van der Waals surface area contributed by atoms with Crippen molar-refractivity contribution < 1.29 is 5.11 Å². The average molecular weight is 141 g/mol. The lowest BCUT2D eigenvalue weighted by Crippen LogP contribution is -1.87. The maximum atomic E-state index is 8.59. The Morgan fingerprint density at radius 1 is 1.60 bits per heavy atom. The number of aliphatic hydroxyl groups excluding tert-OH is 1. The van der Waals surface area contributed by atoms with E-state index >= 15 is 0 Å². The minimum Gasteiger partial charge on any atom is -0.388 e. The van der Waals surface area contributed by atoms with Crippen molar-refractivity contribution in [3.63, 3.8) is 0 Å². The Morgan fingerprint density at radius 2 is 2.40 bits per heavy atom. The second-order valence-electron chi connectivity index (χ2n) is 2.11. The van der Waals surface area contributed by atoms with E-state index in [2.05, 4.69) is 22.1 Å². The maximum Gasteiger partial charge on any atom is 0.150 e. The predicted molar refractivity (Wildman–Crippen MR) is 36.3 cm³/mol. The number of hydrogen-bond acceptors (Lipinski definition) is 3. The molecule has 0 fully saturated rings. The van der Waals surface area contributed by atoms with Crippen LogP contribution in [0, 0.1) is 0 Å². The standard InChI is InChI=1S/C6H11N3O/c1-2-3-5-7-6(4-10)9-8-5/h10H,2-4H2,1H3,(H,7,8,9). The van der Waals surface area contributed by atoms with Crippen LogP contribution in [0.2, 0.25) is 0 Å². The summed E-state index contributed by atoms with van der Waals surface area (Å²) in [6.07, 6.45) is 1.90. The Labute approximate surface area is 59.3 Å². The van der Waals surface area contributed by atoms with Gasteiger partial charge in [-0.1, -0.05) is 6.92 Å². The number of aromatic nitrogens is 3. The zero-order chi connectivity index (χ0) is 7.40. The largest absolute Gasteiger partial charge is 0.388 e. The summed E-state index contributed by atoms with van der Waals surface area (Å²) in [6.45, 7) is 2.01. The van der Waals surface area contributed by atoms with E-state index in [9.17, 15) is 0 Å². The molecule has 2 N–H and O–H groups in total. The number of hydrogen-bond donors (Lipinski definition) is 2. The third-order valence-corrected chi connectivity index (χ3v) is 1.20. The van der Waals surface area contributed by atoms with Gasteiger partial charge in [-0.2, -0.15) is 5.10 Å². The van der Waals surface area contributed by atoms with Crippen LogP contribution in [0.5, 0.6) is 0 Å². The molecule has 0 radical (unpaired) electrons. The van der Waals surface area contributed by atoms with Gasteiger partial charge in [0.1, 0.15) is 12.4 Å². The van der Waals surface area contributed by atoms with Crippen molar-refractivity contribution in [2.75, 3.05) is 0 Å². The Morgan fingerprint density at radius 3 is 2.90 bits per heavy atom. The summed E-state index contributed by atoms with van der Waals surface area (Å²) in [5.41, 5.74) is 0. The molecule has 0 spiro atoms. The van der Waals surface area contributed by atoms with Gasteiger partial charge in [0.15, 0.2) is 5.82 Å². The highest BCUT2D eigenvalue weighted by molar-refractivity contribution is 4.88. The van der Waals surface area contributed by atoms with Crippen LogP contribution in [-0.2, 0) is 13.0 Å².